The van der Waals surface area contributed by atoms with Gasteiger partial charge in [-0.15, -0.1) is 0 Å². The molecule has 1 aromatic heterocycles. The molecule has 6 nitrogen and oxygen atoms in total. The molecule has 1 N–H and O–H groups in total. The summed E-state index contributed by atoms with van der Waals surface area (Å²) in [5, 5.41) is 10.1. The van der Waals surface area contributed by atoms with Gasteiger partial charge in [-0.25, -0.2) is 9.18 Å². The zero-order valence-electron chi connectivity index (χ0n) is 17.9. The molecule has 31 heavy (non-hydrogen) atoms. The average molecular weight is 420 g/mol. The number of benzene rings is 2. The standard InChI is InChI=1S/C24H25FN4O2/c1-15-16(2)27-22-18(12-26)11-20(25)23(21(15)22)28(3)19-9-10-29(13-19)24(30)31-14-17-7-5-4-6-8-17/h4-8,11,19,27H,9-10,13-14H2,1-3H3/t19-/m0/s1. The van der Waals surface area contributed by atoms with E-state index in [0.717, 1.165) is 22.2 Å². The van der Waals surface area contributed by atoms with Crippen molar-refractivity contribution in [3.8, 4) is 6.07 Å². The minimum absolute atomic E-state index is 0.0514. The molecular weight excluding hydrogens is 395 g/mol. The van der Waals surface area contributed by atoms with Crippen LogP contribution in [0.5, 0.6) is 0 Å². The van der Waals surface area contributed by atoms with Crippen molar-refractivity contribution in [2.75, 3.05) is 25.0 Å². The zero-order valence-corrected chi connectivity index (χ0v) is 17.9. The Hall–Kier alpha value is -3.53. The highest BCUT2D eigenvalue weighted by Crippen LogP contribution is 2.37. The second-order valence-electron chi connectivity index (χ2n) is 8.03. The number of carbonyl (C=O) groups excluding carboxylic acids is 1. The van der Waals surface area contributed by atoms with Crippen LogP contribution in [0, 0.1) is 31.0 Å². The molecule has 160 valence electrons. The fraction of sp³-hybridized carbons (Fsp3) is 0.333. The molecule has 4 rings (SSSR count). The number of H-pyrrole nitrogens is 1. The van der Waals surface area contributed by atoms with E-state index in [9.17, 15) is 10.1 Å². The fourth-order valence-electron chi connectivity index (χ4n) is 4.25. The van der Waals surface area contributed by atoms with Crippen LogP contribution in [-0.4, -0.2) is 42.2 Å². The molecule has 1 fully saturated rings. The van der Waals surface area contributed by atoms with Crippen LogP contribution in [0.1, 0.15) is 28.8 Å². The summed E-state index contributed by atoms with van der Waals surface area (Å²) in [6, 6.07) is 12.9. The van der Waals surface area contributed by atoms with Crippen LogP contribution in [-0.2, 0) is 11.3 Å². The highest BCUT2D eigenvalue weighted by atomic mass is 19.1. The highest BCUT2D eigenvalue weighted by Gasteiger charge is 2.32. The van der Waals surface area contributed by atoms with Crippen LogP contribution in [0.25, 0.3) is 10.9 Å². The minimum atomic E-state index is -0.432. The van der Waals surface area contributed by atoms with Crippen LogP contribution >= 0.6 is 0 Å². The Bertz CT molecular complexity index is 1170. The number of rotatable bonds is 4. The first-order valence-electron chi connectivity index (χ1n) is 10.3. The molecule has 3 aromatic rings. The second-order valence-corrected chi connectivity index (χ2v) is 8.03. The normalized spacial score (nSPS) is 15.8. The number of ether oxygens (including phenoxy) is 1. The Morgan fingerprint density at radius 1 is 1.35 bits per heavy atom. The van der Waals surface area contributed by atoms with Gasteiger partial charge in [0.15, 0.2) is 0 Å². The Kier molecular flexibility index (Phi) is 5.55. The van der Waals surface area contributed by atoms with E-state index in [1.54, 1.807) is 4.90 Å². The summed E-state index contributed by atoms with van der Waals surface area (Å²) < 4.78 is 20.6. The third-order valence-electron chi connectivity index (χ3n) is 6.15. The smallest absolute Gasteiger partial charge is 0.410 e. The monoisotopic (exact) mass is 420 g/mol. The van der Waals surface area contributed by atoms with Crippen LogP contribution in [0.2, 0.25) is 0 Å². The van der Waals surface area contributed by atoms with Crippen molar-refractivity contribution < 1.29 is 13.9 Å². The predicted molar refractivity (Wildman–Crippen MR) is 117 cm³/mol. The lowest BCUT2D eigenvalue weighted by Gasteiger charge is -2.28. The highest BCUT2D eigenvalue weighted by molar-refractivity contribution is 5.99. The van der Waals surface area contributed by atoms with Gasteiger partial charge in [0.05, 0.1) is 16.8 Å². The van der Waals surface area contributed by atoms with Crippen molar-refractivity contribution in [3.63, 3.8) is 0 Å². The number of carbonyl (C=O) groups is 1. The van der Waals surface area contributed by atoms with Crippen LogP contribution in [0.3, 0.4) is 0 Å². The third-order valence-corrected chi connectivity index (χ3v) is 6.15. The number of fused-ring (bicyclic) bond motifs is 1. The summed E-state index contributed by atoms with van der Waals surface area (Å²) >= 11 is 0. The van der Waals surface area contributed by atoms with Crippen molar-refractivity contribution in [2.24, 2.45) is 0 Å². The van der Waals surface area contributed by atoms with E-state index in [2.05, 4.69) is 11.1 Å². The number of likely N-dealkylation sites (N-methyl/N-ethyl adjacent to an activating group) is 1. The van der Waals surface area contributed by atoms with Crippen LogP contribution in [0.15, 0.2) is 36.4 Å². The van der Waals surface area contributed by atoms with Crippen molar-refractivity contribution in [2.45, 2.75) is 32.9 Å². The summed E-state index contributed by atoms with van der Waals surface area (Å²) in [5.41, 5.74) is 4.16. The summed E-state index contributed by atoms with van der Waals surface area (Å²) in [4.78, 5) is 19.3. The van der Waals surface area contributed by atoms with Gasteiger partial charge in [0.1, 0.15) is 18.5 Å². The zero-order chi connectivity index (χ0) is 22.1. The number of hydrogen-bond donors (Lipinski definition) is 1. The van der Waals surface area contributed by atoms with Gasteiger partial charge in [-0.2, -0.15) is 5.26 Å². The van der Waals surface area contributed by atoms with Gasteiger partial charge in [-0.05, 0) is 37.5 Å². The fourth-order valence-corrected chi connectivity index (χ4v) is 4.25. The lowest BCUT2D eigenvalue weighted by atomic mass is 10.0. The molecular formula is C24H25FN4O2. The van der Waals surface area contributed by atoms with Crippen molar-refractivity contribution in [1.82, 2.24) is 9.88 Å². The molecule has 1 atom stereocenters. The first-order valence-corrected chi connectivity index (χ1v) is 10.3. The molecule has 1 aliphatic rings. The van der Waals surface area contributed by atoms with Crippen LogP contribution < -0.4 is 4.90 Å². The lowest BCUT2D eigenvalue weighted by Crippen LogP contribution is -2.37. The SMILES string of the molecule is Cc1[nH]c2c(C#N)cc(F)c(N(C)[C@H]3CCN(C(=O)OCc4ccccc4)C3)c2c1C. The average Bonchev–Trinajstić information content (AvgIpc) is 3.38. The number of nitriles is 1. The number of aryl methyl sites for hydroxylation is 2. The number of anilines is 1. The van der Waals surface area contributed by atoms with Crippen LogP contribution in [0.4, 0.5) is 14.9 Å². The molecule has 0 spiro atoms. The van der Waals surface area contributed by atoms with E-state index in [1.165, 1.54) is 6.07 Å². The van der Waals surface area contributed by atoms with E-state index >= 15 is 4.39 Å². The van der Waals surface area contributed by atoms with Crippen molar-refractivity contribution >= 4 is 22.7 Å². The first kappa shape index (κ1) is 20.7. The Balaban J connectivity index is 1.53. The van der Waals surface area contributed by atoms with E-state index in [4.69, 9.17) is 4.74 Å². The molecule has 1 amide bonds. The van der Waals surface area contributed by atoms with Gasteiger partial charge in [0.25, 0.3) is 0 Å². The predicted octanol–water partition coefficient (Wildman–Crippen LogP) is 4.64. The van der Waals surface area contributed by atoms with Crippen molar-refractivity contribution in [3.05, 3.63) is 64.6 Å². The molecule has 2 aromatic carbocycles. The Labute approximate surface area is 180 Å². The third kappa shape index (κ3) is 3.81. The molecule has 0 saturated carbocycles. The van der Waals surface area contributed by atoms with Gasteiger partial charge >= 0.3 is 6.09 Å². The maximum absolute atomic E-state index is 15.1. The summed E-state index contributed by atoms with van der Waals surface area (Å²) in [6.45, 7) is 5.07. The van der Waals surface area contributed by atoms with Gasteiger partial charge in [0.2, 0.25) is 0 Å². The number of amides is 1. The number of halogens is 1. The molecule has 7 heteroatoms. The number of likely N-dealkylation sites (tertiary alicyclic amines) is 1. The molecule has 1 aliphatic heterocycles. The number of nitrogens with one attached hydrogen (secondary N) is 1. The number of aromatic nitrogens is 1. The molecule has 0 bridgehead atoms. The molecule has 0 radical (unpaired) electrons. The Morgan fingerprint density at radius 2 is 2.10 bits per heavy atom. The molecule has 0 aliphatic carbocycles. The van der Waals surface area contributed by atoms with E-state index in [1.807, 2.05) is 56.1 Å². The summed E-state index contributed by atoms with van der Waals surface area (Å²) in [6.07, 6.45) is 0.346. The van der Waals surface area contributed by atoms with Gasteiger partial charge in [0, 0.05) is 37.3 Å². The van der Waals surface area contributed by atoms with Crippen molar-refractivity contribution in [1.29, 1.82) is 5.26 Å². The van der Waals surface area contributed by atoms with E-state index < -0.39 is 5.82 Å². The number of aromatic amines is 1. The second kappa shape index (κ2) is 8.31. The Morgan fingerprint density at radius 3 is 2.81 bits per heavy atom. The first-order chi connectivity index (χ1) is 14.9. The largest absolute Gasteiger partial charge is 0.445 e. The molecule has 0 unspecified atom stereocenters. The summed E-state index contributed by atoms with van der Waals surface area (Å²) in [7, 11) is 1.84. The maximum Gasteiger partial charge on any atom is 0.410 e. The number of hydrogen-bond acceptors (Lipinski definition) is 4. The van der Waals surface area contributed by atoms with Gasteiger partial charge < -0.3 is 19.5 Å². The topological polar surface area (TPSA) is 72.4 Å². The maximum atomic E-state index is 15.1. The van der Waals surface area contributed by atoms with E-state index in [0.29, 0.717) is 36.3 Å². The quantitative estimate of drug-likeness (QED) is 0.667. The van der Waals surface area contributed by atoms with Gasteiger partial charge in [-0.1, -0.05) is 30.3 Å². The lowest BCUT2D eigenvalue weighted by molar-refractivity contribution is 0.104. The van der Waals surface area contributed by atoms with E-state index in [-0.39, 0.29) is 18.7 Å². The summed E-state index contributed by atoms with van der Waals surface area (Å²) in [5.74, 6) is -0.432. The number of nitrogens with zero attached hydrogens (tertiary/aromatic N) is 3. The minimum Gasteiger partial charge on any atom is -0.445 e. The van der Waals surface area contributed by atoms with Gasteiger partial charge in [-0.3, -0.25) is 0 Å². The molecule has 2 heterocycles. The molecule has 1 saturated heterocycles.